The molecule has 0 aromatic heterocycles. The van der Waals surface area contributed by atoms with E-state index in [0.29, 0.717) is 35.7 Å². The number of carbonyl (C=O) groups is 2. The summed E-state index contributed by atoms with van der Waals surface area (Å²) in [6.45, 7) is 3.69. The van der Waals surface area contributed by atoms with Gasteiger partial charge in [0, 0.05) is 30.1 Å². The van der Waals surface area contributed by atoms with Gasteiger partial charge in [-0.25, -0.2) is 13.4 Å². The number of sulfonamides is 1. The summed E-state index contributed by atoms with van der Waals surface area (Å²) in [4.78, 5) is 29.5. The van der Waals surface area contributed by atoms with Crippen LogP contribution in [0, 0.1) is 18.3 Å². The van der Waals surface area contributed by atoms with Crippen LogP contribution < -0.4 is 10.6 Å². The third kappa shape index (κ3) is 7.43. The lowest BCUT2D eigenvalue weighted by Crippen LogP contribution is -2.39. The number of aliphatic imine (C=N–C) groups is 1. The molecule has 1 amide bonds. The van der Waals surface area contributed by atoms with Crippen LogP contribution in [-0.2, 0) is 24.3 Å². The average Bonchev–Trinajstić information content (AvgIpc) is 3.69. The van der Waals surface area contributed by atoms with Crippen molar-refractivity contribution in [1.82, 2.24) is 14.9 Å². The molecular weight excluding hydrogens is 516 g/mol. The van der Waals surface area contributed by atoms with E-state index in [-0.39, 0.29) is 25.0 Å². The highest BCUT2D eigenvalue weighted by molar-refractivity contribution is 7.88. The number of nitrogens with zero attached hydrogens (tertiary/aromatic N) is 2. The van der Waals surface area contributed by atoms with Crippen LogP contribution in [0.5, 0.6) is 0 Å². The first-order valence-electron chi connectivity index (χ1n) is 13.7. The molecule has 0 unspecified atom stereocenters. The maximum Gasteiger partial charge on any atom is 0.255 e. The van der Waals surface area contributed by atoms with Gasteiger partial charge in [-0.3, -0.25) is 4.79 Å². The Hall–Kier alpha value is -2.82. The van der Waals surface area contributed by atoms with Gasteiger partial charge in [-0.15, -0.1) is 0 Å². The van der Waals surface area contributed by atoms with Crippen LogP contribution in [0.1, 0.15) is 56.1 Å². The molecule has 9 nitrogen and oxygen atoms in total. The molecule has 2 aliphatic heterocycles. The van der Waals surface area contributed by atoms with Crippen molar-refractivity contribution >= 4 is 33.9 Å². The summed E-state index contributed by atoms with van der Waals surface area (Å²) in [5.41, 5.74) is 2.44. The maximum atomic E-state index is 13.0. The van der Waals surface area contributed by atoms with E-state index in [2.05, 4.69) is 15.6 Å². The molecule has 1 aliphatic carbocycles. The molecule has 0 radical (unpaired) electrons. The first-order valence-corrected chi connectivity index (χ1v) is 15.6. The number of nitrogens with one attached hydrogen (secondary N) is 2. The molecule has 4 rings (SSSR count). The third-order valence-electron chi connectivity index (χ3n) is 7.82. The zero-order valence-electron chi connectivity index (χ0n) is 23.2. The maximum absolute atomic E-state index is 13.0. The second-order valence-corrected chi connectivity index (χ2v) is 12.9. The first kappa shape index (κ1) is 29.2. The van der Waals surface area contributed by atoms with Gasteiger partial charge in [0.15, 0.2) is 0 Å². The van der Waals surface area contributed by atoms with Crippen LogP contribution in [0.15, 0.2) is 46.5 Å². The molecular formula is C29H40N4O5S. The number of benzene rings is 1. The summed E-state index contributed by atoms with van der Waals surface area (Å²) in [7, 11) is -1.99. The van der Waals surface area contributed by atoms with Crippen molar-refractivity contribution < 1.29 is 22.7 Å². The van der Waals surface area contributed by atoms with Crippen molar-refractivity contribution in [2.45, 2.75) is 51.9 Å². The Morgan fingerprint density at radius 2 is 1.92 bits per heavy atom. The van der Waals surface area contributed by atoms with Crippen molar-refractivity contribution in [2.75, 3.05) is 39.6 Å². The fraction of sp³-hybridized carbons (Fsp3) is 0.552. The van der Waals surface area contributed by atoms with Gasteiger partial charge >= 0.3 is 0 Å². The fourth-order valence-electron chi connectivity index (χ4n) is 5.08. The number of aryl methyl sites for hydroxylation is 1. The minimum atomic E-state index is -3.57. The Labute approximate surface area is 231 Å². The van der Waals surface area contributed by atoms with Gasteiger partial charge in [0.05, 0.1) is 11.8 Å². The number of hydrogen-bond acceptors (Lipinski definition) is 7. The molecule has 2 heterocycles. The highest BCUT2D eigenvalue weighted by Gasteiger charge is 2.35. The van der Waals surface area contributed by atoms with Crippen LogP contribution in [-0.4, -0.2) is 70.4 Å². The minimum absolute atomic E-state index is 0.132. The number of likely N-dealkylation sites (N-methyl/N-ethyl adjacent to an activating group) is 1. The molecule has 1 aromatic carbocycles. The lowest BCUT2D eigenvalue weighted by molar-refractivity contribution is -0.118. The quantitative estimate of drug-likeness (QED) is 0.382. The summed E-state index contributed by atoms with van der Waals surface area (Å²) in [6.07, 6.45) is 10.0. The van der Waals surface area contributed by atoms with Crippen molar-refractivity contribution in [3.63, 3.8) is 0 Å². The molecule has 3 aliphatic rings. The Kier molecular flexibility index (Phi) is 9.40. The Morgan fingerprint density at radius 3 is 2.51 bits per heavy atom. The molecule has 10 heteroatoms. The molecule has 0 atom stereocenters. The number of aldehydes is 1. The van der Waals surface area contributed by atoms with Gasteiger partial charge in [-0.05, 0) is 70.9 Å². The minimum Gasteiger partial charge on any atom is -0.437 e. The molecule has 1 aromatic rings. The van der Waals surface area contributed by atoms with Crippen LogP contribution in [0.4, 0.5) is 0 Å². The van der Waals surface area contributed by atoms with Gasteiger partial charge in [0.2, 0.25) is 15.9 Å². The van der Waals surface area contributed by atoms with Gasteiger partial charge in [-0.1, -0.05) is 35.9 Å². The van der Waals surface area contributed by atoms with Gasteiger partial charge in [0.25, 0.3) is 5.91 Å². The van der Waals surface area contributed by atoms with E-state index in [1.807, 2.05) is 37.3 Å². The van der Waals surface area contributed by atoms with E-state index in [0.717, 1.165) is 62.6 Å². The second-order valence-electron chi connectivity index (χ2n) is 10.9. The first-order chi connectivity index (χ1) is 18.7. The number of amides is 1. The molecule has 39 heavy (non-hydrogen) atoms. The number of rotatable bonds is 12. The predicted octanol–water partition coefficient (Wildman–Crippen LogP) is 3.18. The molecule has 0 bridgehead atoms. The second kappa shape index (κ2) is 12.6. The molecule has 2 fully saturated rings. The lowest BCUT2D eigenvalue weighted by Gasteiger charge is -2.33. The Balaban J connectivity index is 1.57. The standard InChI is InChI=1S/C29H40N4O5S/c1-21-5-10-23(11-6-21)26-25(27(35)30-2)24(12-9-22-7-8-22)28(38-26)32-20-33(39(3,36)37)18-4-13-29(19-34)14-16-31-17-15-29/h5-6,10-12,19,22,31H,4,7-9,13-18,20H2,1-3H3,(H,30,35)/b24-12-,32-28+. The van der Waals surface area contributed by atoms with E-state index in [9.17, 15) is 18.0 Å². The van der Waals surface area contributed by atoms with Crippen molar-refractivity contribution in [1.29, 1.82) is 0 Å². The third-order valence-corrected chi connectivity index (χ3v) is 9.05. The predicted molar refractivity (Wildman–Crippen MR) is 152 cm³/mol. The van der Waals surface area contributed by atoms with Crippen LogP contribution in [0.2, 0.25) is 0 Å². The number of allylic oxidation sites excluding steroid dienone is 1. The Bertz CT molecular complexity index is 1260. The van der Waals surface area contributed by atoms with E-state index >= 15 is 0 Å². The normalized spacial score (nSPS) is 21.4. The summed E-state index contributed by atoms with van der Waals surface area (Å²) in [5, 5.41) is 5.99. The molecule has 1 saturated heterocycles. The van der Waals surface area contributed by atoms with E-state index in [1.54, 1.807) is 7.05 Å². The van der Waals surface area contributed by atoms with Crippen molar-refractivity contribution in [2.24, 2.45) is 16.3 Å². The highest BCUT2D eigenvalue weighted by Crippen LogP contribution is 2.38. The molecule has 212 valence electrons. The summed E-state index contributed by atoms with van der Waals surface area (Å²) < 4.78 is 32.8. The number of carbonyl (C=O) groups excluding carboxylic acids is 2. The zero-order valence-corrected chi connectivity index (χ0v) is 24.0. The summed E-state index contributed by atoms with van der Waals surface area (Å²) >= 11 is 0. The number of piperidine rings is 1. The fourth-order valence-corrected chi connectivity index (χ4v) is 5.81. The molecule has 2 N–H and O–H groups in total. The highest BCUT2D eigenvalue weighted by atomic mass is 32.2. The van der Waals surface area contributed by atoms with Gasteiger partial charge in [0.1, 0.15) is 18.7 Å². The molecule has 0 spiro atoms. The topological polar surface area (TPSA) is 117 Å². The van der Waals surface area contributed by atoms with Crippen LogP contribution in [0.3, 0.4) is 0 Å². The van der Waals surface area contributed by atoms with Crippen molar-refractivity contribution in [3.05, 3.63) is 52.6 Å². The monoisotopic (exact) mass is 556 g/mol. The molecule has 1 saturated carbocycles. The van der Waals surface area contributed by atoms with E-state index < -0.39 is 15.4 Å². The van der Waals surface area contributed by atoms with Gasteiger partial charge < -0.3 is 20.2 Å². The van der Waals surface area contributed by atoms with E-state index in [1.165, 1.54) is 10.6 Å². The van der Waals surface area contributed by atoms with Crippen LogP contribution in [0.25, 0.3) is 5.76 Å². The lowest BCUT2D eigenvalue weighted by atomic mass is 9.77. The average molecular weight is 557 g/mol. The van der Waals surface area contributed by atoms with Gasteiger partial charge in [-0.2, -0.15) is 4.31 Å². The smallest absolute Gasteiger partial charge is 0.255 e. The Morgan fingerprint density at radius 1 is 1.23 bits per heavy atom. The SMILES string of the molecule is CNC(=O)C1=C(c2ccc(C)cc2)OC(=N/CN(CCCC2(C=O)CCNCC2)S(C)(=O)=O)/C1=C\CC1CC1. The van der Waals surface area contributed by atoms with Crippen molar-refractivity contribution in [3.8, 4) is 0 Å². The largest absolute Gasteiger partial charge is 0.437 e. The summed E-state index contributed by atoms with van der Waals surface area (Å²) in [5.74, 6) is 0.973. The van der Waals surface area contributed by atoms with Crippen LogP contribution >= 0.6 is 0 Å². The zero-order chi connectivity index (χ0) is 28.0. The summed E-state index contributed by atoms with van der Waals surface area (Å²) in [6, 6.07) is 7.72. The number of hydrogen-bond donors (Lipinski definition) is 2. The number of ether oxygens (including phenoxy) is 1. The van der Waals surface area contributed by atoms with E-state index in [4.69, 9.17) is 4.74 Å².